The van der Waals surface area contributed by atoms with E-state index in [1.165, 1.54) is 18.9 Å². The quantitative estimate of drug-likeness (QED) is 0.612. The second kappa shape index (κ2) is 8.93. The lowest BCUT2D eigenvalue weighted by Crippen LogP contribution is -2.36. The van der Waals surface area contributed by atoms with Crippen molar-refractivity contribution < 1.29 is 14.6 Å². The molecule has 1 fully saturated rings. The molecule has 5 nitrogen and oxygen atoms in total. The Morgan fingerprint density at radius 1 is 1.31 bits per heavy atom. The molecule has 0 saturated carbocycles. The molecule has 1 N–H and O–H groups in total. The molecule has 2 aromatic carbocycles. The second-order valence-electron chi connectivity index (χ2n) is 6.83. The average Bonchev–Trinajstić information content (AvgIpc) is 3.00. The van der Waals surface area contributed by atoms with Gasteiger partial charge in [0.25, 0.3) is 5.91 Å². The highest BCUT2D eigenvalue weighted by Crippen LogP contribution is 2.39. The number of rotatable bonds is 5. The Morgan fingerprint density at radius 3 is 2.62 bits per heavy atom. The molecule has 3 rings (SSSR count). The van der Waals surface area contributed by atoms with Crippen molar-refractivity contribution in [1.82, 2.24) is 4.90 Å². The number of carbonyl (C=O) groups is 1. The number of aryl methyl sites for hydroxylation is 1. The van der Waals surface area contributed by atoms with Crippen LogP contribution in [0.2, 0.25) is 5.02 Å². The van der Waals surface area contributed by atoms with E-state index in [4.69, 9.17) is 21.3 Å². The molecule has 1 atom stereocenters. The van der Waals surface area contributed by atoms with Gasteiger partial charge in [-0.05, 0) is 67.9 Å². The van der Waals surface area contributed by atoms with Crippen LogP contribution in [0.4, 0.5) is 5.69 Å². The highest BCUT2D eigenvalue weighted by molar-refractivity contribution is 8.18. The molecule has 29 heavy (non-hydrogen) atoms. The summed E-state index contributed by atoms with van der Waals surface area (Å²) in [4.78, 5) is 20.1. The molecule has 1 heterocycles. The number of aromatic hydroxyl groups is 1. The van der Waals surface area contributed by atoms with Crippen LogP contribution >= 0.6 is 23.4 Å². The van der Waals surface area contributed by atoms with Crippen LogP contribution in [0.15, 0.2) is 46.3 Å². The van der Waals surface area contributed by atoms with E-state index in [2.05, 4.69) is 0 Å². The molecule has 0 aliphatic carbocycles. The number of carbonyl (C=O) groups excluding carboxylic acids is 1. The fraction of sp³-hybridized carbons (Fsp3) is 0.273. The highest BCUT2D eigenvalue weighted by Gasteiger charge is 2.36. The molecule has 0 aromatic heterocycles. The first-order valence-corrected chi connectivity index (χ1v) is 10.5. The smallest absolute Gasteiger partial charge is 0.266 e. The van der Waals surface area contributed by atoms with Crippen LogP contribution in [-0.2, 0) is 4.79 Å². The number of phenols is 1. The highest BCUT2D eigenvalue weighted by atomic mass is 35.5. The molecule has 0 spiro atoms. The number of phenolic OH excluding ortho intramolecular Hbond substituents is 1. The van der Waals surface area contributed by atoms with Gasteiger partial charge in [0.1, 0.15) is 0 Å². The zero-order valence-electron chi connectivity index (χ0n) is 16.8. The van der Waals surface area contributed by atoms with Crippen LogP contribution < -0.4 is 4.74 Å². The van der Waals surface area contributed by atoms with Gasteiger partial charge in [-0.1, -0.05) is 36.2 Å². The van der Waals surface area contributed by atoms with Crippen molar-refractivity contribution in [3.05, 3.63) is 57.5 Å². The maximum absolute atomic E-state index is 13.1. The van der Waals surface area contributed by atoms with Gasteiger partial charge in [-0.25, -0.2) is 4.99 Å². The van der Waals surface area contributed by atoms with E-state index in [-0.39, 0.29) is 28.5 Å². The fourth-order valence-electron chi connectivity index (χ4n) is 2.85. The molecule has 0 bridgehead atoms. The number of amidine groups is 1. The zero-order chi connectivity index (χ0) is 21.1. The van der Waals surface area contributed by atoms with Crippen molar-refractivity contribution >= 4 is 46.2 Å². The Bertz CT molecular complexity index is 986. The number of halogens is 1. The summed E-state index contributed by atoms with van der Waals surface area (Å²) in [6.45, 7) is 6.07. The number of amides is 1. The maximum Gasteiger partial charge on any atom is 0.266 e. The fourth-order valence-corrected chi connectivity index (χ4v) is 4.16. The minimum atomic E-state index is -0.121. The lowest BCUT2D eigenvalue weighted by Gasteiger charge is -2.22. The van der Waals surface area contributed by atoms with Gasteiger partial charge >= 0.3 is 0 Å². The van der Waals surface area contributed by atoms with Crippen molar-refractivity contribution in [3.8, 4) is 11.5 Å². The number of aliphatic imine (C=N–C) groups is 1. The maximum atomic E-state index is 13.1. The predicted molar refractivity (Wildman–Crippen MR) is 120 cm³/mol. The summed E-state index contributed by atoms with van der Waals surface area (Å²) in [5, 5.41) is 10.7. The zero-order valence-corrected chi connectivity index (χ0v) is 18.3. The van der Waals surface area contributed by atoms with Gasteiger partial charge in [-0.3, -0.25) is 9.69 Å². The van der Waals surface area contributed by atoms with Crippen molar-refractivity contribution in [2.24, 2.45) is 4.99 Å². The third-order valence-electron chi connectivity index (χ3n) is 4.70. The van der Waals surface area contributed by atoms with E-state index in [0.29, 0.717) is 15.6 Å². The topological polar surface area (TPSA) is 62.1 Å². The summed E-state index contributed by atoms with van der Waals surface area (Å²) in [5.41, 5.74) is 2.62. The number of hydrogen-bond acceptors (Lipinski definition) is 5. The molecular formula is C22H23ClN2O3S. The monoisotopic (exact) mass is 430 g/mol. The minimum Gasteiger partial charge on any atom is -0.503 e. The molecule has 1 amide bonds. The molecule has 0 unspecified atom stereocenters. The molecule has 2 aromatic rings. The summed E-state index contributed by atoms with van der Waals surface area (Å²) < 4.78 is 5.15. The number of hydrogen-bond donors (Lipinski definition) is 1. The Balaban J connectivity index is 2.01. The Kier molecular flexibility index (Phi) is 6.55. The van der Waals surface area contributed by atoms with E-state index in [0.717, 1.165) is 17.7 Å². The second-order valence-corrected chi connectivity index (χ2v) is 8.24. The van der Waals surface area contributed by atoms with Crippen molar-refractivity contribution in [1.29, 1.82) is 0 Å². The molecule has 152 valence electrons. The first kappa shape index (κ1) is 21.3. The van der Waals surface area contributed by atoms with Crippen molar-refractivity contribution in [3.63, 3.8) is 0 Å². The van der Waals surface area contributed by atoms with Gasteiger partial charge in [0.2, 0.25) is 0 Å². The average molecular weight is 431 g/mol. The van der Waals surface area contributed by atoms with Gasteiger partial charge in [0.15, 0.2) is 16.7 Å². The number of benzene rings is 2. The van der Waals surface area contributed by atoms with Crippen LogP contribution in [0.5, 0.6) is 11.5 Å². The number of thioether (sulfide) groups is 1. The molecule has 7 heteroatoms. The van der Waals surface area contributed by atoms with Crippen LogP contribution in [0.25, 0.3) is 6.08 Å². The SMILES string of the molecule is CC[C@H](C)N1C(=O)/C(=C\c2cc(Cl)c(O)c(OC)c2)SC1=Nc1ccc(C)cc1. The van der Waals surface area contributed by atoms with E-state index >= 15 is 0 Å². The standard InChI is InChI=1S/C22H23ClN2O3S/c1-5-14(3)25-21(27)19(12-15-10-17(23)20(26)18(11-15)28-4)29-22(25)24-16-8-6-13(2)7-9-16/h6-12,14,26H,5H2,1-4H3/b19-12+,24-22?/t14-/m0/s1. The molecule has 0 radical (unpaired) electrons. The van der Waals surface area contributed by atoms with Gasteiger partial charge in [0.05, 0.1) is 22.7 Å². The molecule has 1 aliphatic heterocycles. The minimum absolute atomic E-state index is 0.0167. The lowest BCUT2D eigenvalue weighted by molar-refractivity contribution is -0.123. The van der Waals surface area contributed by atoms with E-state index in [9.17, 15) is 9.90 Å². The predicted octanol–water partition coefficient (Wildman–Crippen LogP) is 5.77. The summed E-state index contributed by atoms with van der Waals surface area (Å²) in [7, 11) is 1.45. The number of ether oxygens (including phenoxy) is 1. The molecule has 1 saturated heterocycles. The van der Waals surface area contributed by atoms with Gasteiger partial charge in [-0.15, -0.1) is 0 Å². The molecular weight excluding hydrogens is 408 g/mol. The van der Waals surface area contributed by atoms with E-state index in [1.54, 1.807) is 23.1 Å². The molecule has 1 aliphatic rings. The van der Waals surface area contributed by atoms with E-state index < -0.39 is 0 Å². The number of methoxy groups -OCH3 is 1. The third kappa shape index (κ3) is 4.60. The Hall–Kier alpha value is -2.44. The summed E-state index contributed by atoms with van der Waals surface area (Å²) in [6.07, 6.45) is 2.55. The summed E-state index contributed by atoms with van der Waals surface area (Å²) >= 11 is 7.41. The van der Waals surface area contributed by atoms with Gasteiger partial charge < -0.3 is 9.84 Å². The number of nitrogens with zero attached hydrogens (tertiary/aromatic N) is 2. The van der Waals surface area contributed by atoms with Gasteiger partial charge in [-0.2, -0.15) is 0 Å². The lowest BCUT2D eigenvalue weighted by atomic mass is 10.1. The van der Waals surface area contributed by atoms with Crippen molar-refractivity contribution in [2.75, 3.05) is 7.11 Å². The Labute approximate surface area is 180 Å². The summed E-state index contributed by atoms with van der Waals surface area (Å²) in [5.74, 6) is 0.0371. The van der Waals surface area contributed by atoms with E-state index in [1.807, 2.05) is 45.0 Å². The van der Waals surface area contributed by atoms with Crippen LogP contribution in [0.1, 0.15) is 31.4 Å². The normalized spacial score (nSPS) is 18.0. The van der Waals surface area contributed by atoms with Gasteiger partial charge in [0, 0.05) is 6.04 Å². The van der Waals surface area contributed by atoms with Crippen molar-refractivity contribution in [2.45, 2.75) is 33.2 Å². The largest absolute Gasteiger partial charge is 0.503 e. The van der Waals surface area contributed by atoms with Crippen LogP contribution in [0, 0.1) is 6.92 Å². The third-order valence-corrected chi connectivity index (χ3v) is 5.97. The van der Waals surface area contributed by atoms with Crippen LogP contribution in [0.3, 0.4) is 0 Å². The summed E-state index contributed by atoms with van der Waals surface area (Å²) in [6, 6.07) is 11.1. The van der Waals surface area contributed by atoms with Crippen LogP contribution in [-0.4, -0.2) is 34.2 Å². The Morgan fingerprint density at radius 2 is 2.00 bits per heavy atom. The first-order chi connectivity index (χ1) is 13.8. The first-order valence-electron chi connectivity index (χ1n) is 9.29.